The van der Waals surface area contributed by atoms with Crippen LogP contribution in [0, 0.1) is 0 Å². The van der Waals surface area contributed by atoms with E-state index in [2.05, 4.69) is 87.0 Å². The van der Waals surface area contributed by atoms with Crippen molar-refractivity contribution in [3.8, 4) is 0 Å². The highest BCUT2D eigenvalue weighted by atomic mass is 35.5. The molecular weight excluding hydrogens is 1460 g/mol. The number of aromatic nitrogens is 5. The van der Waals surface area contributed by atoms with Gasteiger partial charge in [-0.2, -0.15) is 0 Å². The fraction of sp³-hybridized carbons (Fsp3) is 0.134. The van der Waals surface area contributed by atoms with Crippen molar-refractivity contribution >= 4 is 187 Å². The van der Waals surface area contributed by atoms with Crippen molar-refractivity contribution in [2.24, 2.45) is 14.1 Å². The number of nitrogen functional groups attached to an aromatic ring is 1. The SMILES string of the molecule is CN(C)c1ccc2[nH]ccc(=O)c2c1.CN(C)c1ccc2[nH]ccc(=O)c2c1.CN(C)c1ccc2c(c1)C(Cl)C=CN2.CN(C)c1ccc2nccc(Nc3ccc(C(=O)Nc4ccc(Nc5cc[n+](C)cc5)cc4)cc3)c2c1.C[n+]1ccc(Nc2ccc(NC(=O)c3ccc(N)cc3)cc2)cc1.[B][B]B([B])B([B])[B].[Cl-].[Cl-]. The third-order valence-electron chi connectivity index (χ3n) is 17.2. The van der Waals surface area contributed by atoms with Gasteiger partial charge in [0.05, 0.1) is 22.3 Å². The molecule has 1 aliphatic heterocycles. The number of hydrogen-bond donors (Lipinski definition) is 9. The molecule has 14 rings (SSSR count). The monoisotopic (exact) mass is 1540 g/mol. The topological polar surface area (TPSA) is 232 Å². The number of anilines is 14. The van der Waals surface area contributed by atoms with Crippen molar-refractivity contribution in [1.29, 1.82) is 0 Å². The first-order valence-corrected chi connectivity index (χ1v) is 35.6. The van der Waals surface area contributed by atoms with Crippen LogP contribution in [0.2, 0.25) is 0 Å². The number of nitrogens with zero attached hydrogens (tertiary/aromatic N) is 7. The molecule has 0 fully saturated rings. The minimum atomic E-state index is -0.537. The zero-order valence-electron chi connectivity index (χ0n) is 64.0. The fourth-order valence-electron chi connectivity index (χ4n) is 10.7. The van der Waals surface area contributed by atoms with Crippen LogP contribution < -0.4 is 102 Å². The molecule has 8 aromatic carbocycles. The number of H-pyrrole nitrogens is 2. The lowest BCUT2D eigenvalue weighted by molar-refractivity contribution is -0.671. The number of fused-ring (bicyclic) bond motifs is 4. The van der Waals surface area contributed by atoms with Crippen molar-refractivity contribution in [1.82, 2.24) is 15.0 Å². The Morgan fingerprint density at radius 1 is 0.491 bits per heavy atom. The zero-order valence-corrected chi connectivity index (χ0v) is 66.3. The third kappa shape index (κ3) is 25.6. The lowest BCUT2D eigenvalue weighted by Crippen LogP contribution is -3.00. The first-order valence-electron chi connectivity index (χ1n) is 35.1. The highest BCUT2D eigenvalue weighted by Gasteiger charge is 2.16. The van der Waals surface area contributed by atoms with Crippen LogP contribution in [0.5, 0.6) is 0 Å². The third-order valence-corrected chi connectivity index (χ3v) is 17.6. The van der Waals surface area contributed by atoms with Crippen LogP contribution in [0.15, 0.2) is 278 Å². The Morgan fingerprint density at radius 3 is 1.30 bits per heavy atom. The lowest BCUT2D eigenvalue weighted by Gasteiger charge is -2.20. The van der Waals surface area contributed by atoms with E-state index in [0.29, 0.717) is 16.8 Å². The number of nitrogens with two attached hydrogens (primary N) is 1. The first kappa shape index (κ1) is 87.3. The smallest absolute Gasteiger partial charge is 0.255 e. The summed E-state index contributed by atoms with van der Waals surface area (Å²) in [7, 11) is 41.5. The maximum absolute atomic E-state index is 12.8. The summed E-state index contributed by atoms with van der Waals surface area (Å²) in [6, 6.07) is 66.6. The summed E-state index contributed by atoms with van der Waals surface area (Å²) < 4.78 is 3.95. The van der Waals surface area contributed by atoms with E-state index in [1.54, 1.807) is 55.0 Å². The van der Waals surface area contributed by atoms with Crippen LogP contribution in [0.3, 0.4) is 0 Å². The molecule has 112 heavy (non-hydrogen) atoms. The molecule has 2 amide bonds. The Balaban J connectivity index is 0.000000200. The van der Waals surface area contributed by atoms with Crippen LogP contribution in [0.25, 0.3) is 32.7 Å². The molecule has 6 heterocycles. The number of alkyl halides is 1. The van der Waals surface area contributed by atoms with E-state index < -0.39 is 6.39 Å². The fourth-order valence-corrected chi connectivity index (χ4v) is 11.0. The molecular formula is C82H85B7Cl3N16O4. The van der Waals surface area contributed by atoms with Gasteiger partial charge in [-0.05, 0) is 194 Å². The van der Waals surface area contributed by atoms with Crippen molar-refractivity contribution in [3.05, 3.63) is 305 Å². The molecule has 0 bridgehead atoms. The largest absolute Gasteiger partial charge is 1.00 e. The molecule has 0 saturated heterocycles. The predicted octanol–water partition coefficient (Wildman–Crippen LogP) is 6.46. The first-order chi connectivity index (χ1) is 52.8. The van der Waals surface area contributed by atoms with Crippen molar-refractivity contribution < 1.29 is 43.5 Å². The van der Waals surface area contributed by atoms with E-state index in [9.17, 15) is 19.2 Å². The summed E-state index contributed by atoms with van der Waals surface area (Å²) in [5, 5.41) is 21.6. The van der Waals surface area contributed by atoms with Crippen LogP contribution in [0.1, 0.15) is 31.7 Å². The number of carbonyl (C=O) groups excluding carboxylic acids is 2. The number of pyridine rings is 5. The molecule has 1 atom stereocenters. The highest BCUT2D eigenvalue weighted by Crippen LogP contribution is 2.35. The number of aromatic amines is 2. The van der Waals surface area contributed by atoms with Gasteiger partial charge in [0.15, 0.2) is 35.6 Å². The van der Waals surface area contributed by atoms with Crippen molar-refractivity contribution in [2.75, 3.05) is 114 Å². The van der Waals surface area contributed by atoms with E-state index in [-0.39, 0.29) is 59.2 Å². The summed E-state index contributed by atoms with van der Waals surface area (Å²) in [6.45, 7) is 0. The standard InChI is InChI=1S/C30H28N6O.C19H18N4O.C11H13ClN2.2C11H12N2O.B7.2ClH/c1-35(2)26-12-13-28-27(20-26)29(14-17-31-28)33-23-6-4-21(5-7-23)30(37)34-24-10-8-22(9-11-24)32-25-15-18-36(3)19-16-25;1-23-12-10-18(11-13-23)21-16-6-8-17(9-7-16)22-19(24)14-2-4-15(20)5-3-14;1-14(2)8-3-4-11-9(7-8)10(12)5-6-13-11;2*1-13(2)8-3-4-10-9(7-8)11(14)5-6-12-10;1-5-7(4)6(2)3;;/h4-20H,1-3H3,(H2,31,33,34,37);2-13H,1H3,(H3,20,22,24);3-7,10,13H,1-2H3;2*3-7H,1-2H3,(H,12,14);;2*1H. The second-order valence-corrected chi connectivity index (χ2v) is 26.9. The van der Waals surface area contributed by atoms with Gasteiger partial charge in [-0.15, -0.1) is 11.6 Å². The van der Waals surface area contributed by atoms with E-state index in [4.69, 9.17) is 48.3 Å². The average molecular weight is 1540 g/mol. The maximum atomic E-state index is 12.8. The Hall–Kier alpha value is -11.9. The average Bonchev–Trinajstić information content (AvgIpc) is 0.820. The van der Waals surface area contributed by atoms with Gasteiger partial charge in [-0.1, -0.05) is 0 Å². The van der Waals surface area contributed by atoms with Crippen LogP contribution in [0.4, 0.5) is 79.6 Å². The van der Waals surface area contributed by atoms with Gasteiger partial charge in [0.1, 0.15) is 14.1 Å². The van der Waals surface area contributed by atoms with Crippen LogP contribution in [-0.2, 0) is 14.1 Å². The lowest BCUT2D eigenvalue weighted by atomic mass is 8.76. The molecule has 0 aliphatic carbocycles. The molecule has 5 aromatic heterocycles. The molecule has 30 heteroatoms. The van der Waals surface area contributed by atoms with Crippen molar-refractivity contribution in [3.63, 3.8) is 0 Å². The second kappa shape index (κ2) is 42.3. The highest BCUT2D eigenvalue weighted by molar-refractivity contribution is 7.81. The number of halogens is 3. The molecule has 9 radical (unpaired) electrons. The molecule has 1 unspecified atom stereocenters. The number of amides is 2. The molecule has 559 valence electrons. The maximum Gasteiger partial charge on any atom is 0.255 e. The van der Waals surface area contributed by atoms with Gasteiger partial charge >= 0.3 is 0 Å². The number of benzene rings is 8. The molecule has 1 aliphatic rings. The quantitative estimate of drug-likeness (QED) is 0.0219. The summed E-state index contributed by atoms with van der Waals surface area (Å²) in [4.78, 5) is 66.6. The van der Waals surface area contributed by atoms with Crippen LogP contribution >= 0.6 is 11.6 Å². The number of allylic oxidation sites excluding steroid dienone is 1. The Kier molecular flexibility index (Phi) is 33.0. The number of nitrogens with one attached hydrogen (secondary N) is 8. The van der Waals surface area contributed by atoms with Gasteiger partial charge in [-0.3, -0.25) is 24.2 Å². The summed E-state index contributed by atoms with van der Waals surface area (Å²) in [5.41, 5.74) is 24.0. The minimum Gasteiger partial charge on any atom is -1.00 e. The normalized spacial score (nSPS) is 11.1. The number of hydrogen-bond acceptors (Lipinski definition) is 14. The molecule has 10 N–H and O–H groups in total. The summed E-state index contributed by atoms with van der Waals surface area (Å²) >= 11 is 6.18. The number of aryl methyl sites for hydroxylation is 2. The van der Waals surface area contributed by atoms with E-state index in [1.807, 2.05) is 272 Å². The molecule has 20 nitrogen and oxygen atoms in total. The summed E-state index contributed by atoms with van der Waals surface area (Å²) in [6.07, 6.45) is 16.0. The van der Waals surface area contributed by atoms with Gasteiger partial charge in [-0.25, -0.2) is 9.13 Å². The number of carbonyl (C=O) groups is 2. The van der Waals surface area contributed by atoms with Crippen LogP contribution in [-0.4, -0.2) is 134 Å². The second-order valence-electron chi connectivity index (χ2n) is 26.4. The molecule has 0 saturated carbocycles. The molecule has 0 spiro atoms. The van der Waals surface area contributed by atoms with E-state index in [0.717, 1.165) is 107 Å². The van der Waals surface area contributed by atoms with Crippen molar-refractivity contribution in [2.45, 2.75) is 5.38 Å². The number of rotatable bonds is 16. The Bertz CT molecular complexity index is 5270. The Morgan fingerprint density at radius 2 is 0.875 bits per heavy atom. The van der Waals surface area contributed by atoms with E-state index in [1.165, 1.54) is 12.7 Å². The molecule has 13 aromatic rings. The Labute approximate surface area is 678 Å². The van der Waals surface area contributed by atoms with Gasteiger partial charge in [0.25, 0.3) is 11.8 Å². The van der Waals surface area contributed by atoms with Gasteiger partial charge in [0.2, 0.25) is 0 Å². The minimum absolute atomic E-state index is 0. The van der Waals surface area contributed by atoms with E-state index >= 15 is 0 Å². The summed E-state index contributed by atoms with van der Waals surface area (Å²) in [5.74, 6) is -0.320. The van der Waals surface area contributed by atoms with Gasteiger partial charge in [0, 0.05) is 269 Å². The van der Waals surface area contributed by atoms with Gasteiger partial charge < -0.3 is 92.0 Å². The zero-order chi connectivity index (χ0) is 79.0. The predicted molar refractivity (Wildman–Crippen MR) is 467 cm³/mol.